The zero-order chi connectivity index (χ0) is 27.0. The van der Waals surface area contributed by atoms with E-state index in [4.69, 9.17) is 5.73 Å². The number of nitrogen functional groups attached to an aromatic ring is 1. The SMILES string of the molecule is Cc1cc(NC(=O)c2ccc(N)cc2)ccc1N=Nc1ccc2cc(S(=O)(=O)O)cc(S(=O)(=O)O)c2c1. The Morgan fingerprint density at radius 3 is 2.16 bits per heavy atom. The van der Waals surface area contributed by atoms with Gasteiger partial charge >= 0.3 is 0 Å². The third kappa shape index (κ3) is 5.98. The van der Waals surface area contributed by atoms with Gasteiger partial charge in [0.05, 0.1) is 16.3 Å². The van der Waals surface area contributed by atoms with Crippen LogP contribution in [0.1, 0.15) is 15.9 Å². The monoisotopic (exact) mass is 540 g/mol. The Bertz CT molecular complexity index is 1780. The maximum absolute atomic E-state index is 12.4. The standard InChI is InChI=1S/C24H20N4O7S2/c1-14-10-18(26-24(29)15-2-5-17(25)6-3-15)8-9-22(14)28-27-19-7-4-16-11-20(36(30,31)32)13-23(21(16)12-19)37(33,34)35/h2-13H,25H2,1H3,(H,26,29)(H,30,31,32)(H,33,34,35). The fraction of sp³-hybridized carbons (Fsp3) is 0.0417. The van der Waals surface area contributed by atoms with Crippen LogP contribution < -0.4 is 11.1 Å². The van der Waals surface area contributed by atoms with Gasteiger partial charge in [-0.15, -0.1) is 0 Å². The van der Waals surface area contributed by atoms with E-state index in [0.29, 0.717) is 34.3 Å². The molecule has 11 nitrogen and oxygen atoms in total. The van der Waals surface area contributed by atoms with Crippen molar-refractivity contribution in [1.29, 1.82) is 0 Å². The molecule has 0 fully saturated rings. The summed E-state index contributed by atoms with van der Waals surface area (Å²) in [5, 5.41) is 11.2. The van der Waals surface area contributed by atoms with Crippen LogP contribution in [0.25, 0.3) is 10.8 Å². The zero-order valence-corrected chi connectivity index (χ0v) is 20.8. The Kier molecular flexibility index (Phi) is 6.80. The molecule has 0 spiro atoms. The first-order valence-corrected chi connectivity index (χ1v) is 13.4. The van der Waals surface area contributed by atoms with E-state index in [-0.39, 0.29) is 22.4 Å². The minimum Gasteiger partial charge on any atom is -0.399 e. The van der Waals surface area contributed by atoms with E-state index in [9.17, 15) is 30.7 Å². The topological polar surface area (TPSA) is 189 Å². The second kappa shape index (κ2) is 9.71. The van der Waals surface area contributed by atoms with E-state index in [1.54, 1.807) is 49.4 Å². The van der Waals surface area contributed by atoms with E-state index in [2.05, 4.69) is 15.5 Å². The second-order valence-electron chi connectivity index (χ2n) is 8.05. The molecule has 5 N–H and O–H groups in total. The number of benzene rings is 4. The van der Waals surface area contributed by atoms with Crippen LogP contribution in [0.3, 0.4) is 0 Å². The normalized spacial score (nSPS) is 12.2. The molecule has 37 heavy (non-hydrogen) atoms. The summed E-state index contributed by atoms with van der Waals surface area (Å²) >= 11 is 0. The van der Waals surface area contributed by atoms with Crippen molar-refractivity contribution in [2.45, 2.75) is 16.7 Å². The minimum atomic E-state index is -4.83. The van der Waals surface area contributed by atoms with Crippen molar-refractivity contribution >= 4 is 59.7 Å². The number of azo groups is 1. The summed E-state index contributed by atoms with van der Waals surface area (Å²) in [6, 6.07) is 17.4. The lowest BCUT2D eigenvalue weighted by atomic mass is 10.1. The van der Waals surface area contributed by atoms with Gasteiger partial charge in [-0.25, -0.2) is 0 Å². The van der Waals surface area contributed by atoms with E-state index >= 15 is 0 Å². The van der Waals surface area contributed by atoms with Gasteiger partial charge in [-0.2, -0.15) is 27.1 Å². The number of amides is 1. The molecule has 0 aromatic heterocycles. The molecule has 1 amide bonds. The largest absolute Gasteiger partial charge is 0.399 e. The number of fused-ring (bicyclic) bond motifs is 1. The van der Waals surface area contributed by atoms with Crippen molar-refractivity contribution in [2.24, 2.45) is 10.2 Å². The van der Waals surface area contributed by atoms with Crippen molar-refractivity contribution < 1.29 is 30.7 Å². The summed E-state index contributed by atoms with van der Waals surface area (Å²) in [7, 11) is -9.54. The molecule has 0 saturated heterocycles. The quantitative estimate of drug-likeness (QED) is 0.151. The van der Waals surface area contributed by atoms with Crippen LogP contribution in [-0.4, -0.2) is 31.8 Å². The highest BCUT2D eigenvalue weighted by Crippen LogP contribution is 2.32. The Labute approximate surface area is 212 Å². The second-order valence-corrected chi connectivity index (χ2v) is 10.9. The smallest absolute Gasteiger partial charge is 0.295 e. The molecule has 4 rings (SSSR count). The fourth-order valence-electron chi connectivity index (χ4n) is 3.50. The molecule has 4 aromatic rings. The highest BCUT2D eigenvalue weighted by Gasteiger charge is 2.20. The van der Waals surface area contributed by atoms with Gasteiger partial charge in [0.25, 0.3) is 26.1 Å². The molecule has 0 aliphatic carbocycles. The lowest BCUT2D eigenvalue weighted by Gasteiger charge is -2.08. The molecule has 0 atom stereocenters. The number of nitrogens with one attached hydrogen (secondary N) is 1. The lowest BCUT2D eigenvalue weighted by molar-refractivity contribution is 0.102. The molecule has 0 radical (unpaired) electrons. The van der Waals surface area contributed by atoms with E-state index in [1.165, 1.54) is 18.2 Å². The molecule has 0 unspecified atom stereocenters. The highest BCUT2D eigenvalue weighted by molar-refractivity contribution is 7.86. The maximum Gasteiger partial charge on any atom is 0.295 e. The molecule has 13 heteroatoms. The Balaban J connectivity index is 1.61. The first kappa shape index (κ1) is 25.9. The Hall–Kier alpha value is -4.17. The van der Waals surface area contributed by atoms with Gasteiger partial charge < -0.3 is 11.1 Å². The van der Waals surface area contributed by atoms with Gasteiger partial charge in [0.15, 0.2) is 0 Å². The molecule has 0 aliphatic rings. The van der Waals surface area contributed by atoms with Crippen LogP contribution in [-0.2, 0) is 20.2 Å². The van der Waals surface area contributed by atoms with Crippen LogP contribution in [0, 0.1) is 6.92 Å². The molecule has 0 heterocycles. The van der Waals surface area contributed by atoms with Crippen LogP contribution in [0.5, 0.6) is 0 Å². The Morgan fingerprint density at radius 2 is 1.54 bits per heavy atom. The number of hydrogen-bond acceptors (Lipinski definition) is 8. The van der Waals surface area contributed by atoms with E-state index in [0.717, 1.165) is 6.07 Å². The molecule has 0 saturated carbocycles. The van der Waals surface area contributed by atoms with Crippen molar-refractivity contribution in [3.05, 3.63) is 83.9 Å². The first-order valence-electron chi connectivity index (χ1n) is 10.5. The van der Waals surface area contributed by atoms with Crippen molar-refractivity contribution in [3.63, 3.8) is 0 Å². The van der Waals surface area contributed by atoms with Crippen LogP contribution in [0.4, 0.5) is 22.7 Å². The average Bonchev–Trinajstić information content (AvgIpc) is 2.82. The molecular weight excluding hydrogens is 520 g/mol. The molecule has 190 valence electrons. The summed E-state index contributed by atoms with van der Waals surface area (Å²) < 4.78 is 65.6. The van der Waals surface area contributed by atoms with Gasteiger partial charge in [-0.3, -0.25) is 13.9 Å². The summed E-state index contributed by atoms with van der Waals surface area (Å²) in [6.45, 7) is 1.76. The number of carbonyl (C=O) groups is 1. The number of aryl methyl sites for hydroxylation is 1. The minimum absolute atomic E-state index is 0.0104. The summed E-state index contributed by atoms with van der Waals surface area (Å²) in [4.78, 5) is 11.0. The highest BCUT2D eigenvalue weighted by atomic mass is 32.2. The number of nitrogens with two attached hydrogens (primary N) is 1. The van der Waals surface area contributed by atoms with E-state index in [1.807, 2.05) is 0 Å². The van der Waals surface area contributed by atoms with Crippen molar-refractivity contribution in [3.8, 4) is 0 Å². The lowest BCUT2D eigenvalue weighted by Crippen LogP contribution is -2.11. The first-order chi connectivity index (χ1) is 17.3. The molecule has 0 bridgehead atoms. The number of rotatable bonds is 6. The third-order valence-corrected chi connectivity index (χ3v) is 7.07. The maximum atomic E-state index is 12.4. The van der Waals surface area contributed by atoms with Gasteiger partial charge in [0.2, 0.25) is 0 Å². The van der Waals surface area contributed by atoms with Gasteiger partial charge in [0, 0.05) is 22.3 Å². The van der Waals surface area contributed by atoms with Gasteiger partial charge in [-0.05, 0) is 84.6 Å². The van der Waals surface area contributed by atoms with Crippen molar-refractivity contribution in [1.82, 2.24) is 0 Å². The van der Waals surface area contributed by atoms with Gasteiger partial charge in [-0.1, -0.05) is 6.07 Å². The summed E-state index contributed by atoms with van der Waals surface area (Å²) in [6.07, 6.45) is 0. The van der Waals surface area contributed by atoms with E-state index < -0.39 is 30.0 Å². The molecule has 4 aromatic carbocycles. The molecular formula is C24H20N4O7S2. The summed E-state index contributed by atoms with van der Waals surface area (Å²) in [5.41, 5.74) is 8.56. The van der Waals surface area contributed by atoms with Crippen LogP contribution >= 0.6 is 0 Å². The summed E-state index contributed by atoms with van der Waals surface area (Å²) in [5.74, 6) is -0.309. The van der Waals surface area contributed by atoms with Gasteiger partial charge in [0.1, 0.15) is 4.90 Å². The number of hydrogen-bond donors (Lipinski definition) is 4. The Morgan fingerprint density at radius 1 is 0.838 bits per heavy atom. The van der Waals surface area contributed by atoms with Crippen LogP contribution in [0.15, 0.2) is 92.8 Å². The number of carbonyl (C=O) groups excluding carboxylic acids is 1. The number of anilines is 2. The predicted molar refractivity (Wildman–Crippen MR) is 138 cm³/mol. The van der Waals surface area contributed by atoms with Crippen LogP contribution in [0.2, 0.25) is 0 Å². The predicted octanol–water partition coefficient (Wildman–Crippen LogP) is 4.89. The zero-order valence-electron chi connectivity index (χ0n) is 19.2. The third-order valence-electron chi connectivity index (χ3n) is 5.35. The number of nitrogens with zero attached hydrogens (tertiary/aromatic N) is 2. The fourth-order valence-corrected chi connectivity index (χ4v) is 4.85. The molecule has 0 aliphatic heterocycles. The van der Waals surface area contributed by atoms with Crippen molar-refractivity contribution in [2.75, 3.05) is 11.1 Å². The average molecular weight is 541 g/mol.